The van der Waals surface area contributed by atoms with Gasteiger partial charge in [0.25, 0.3) is 0 Å². The minimum Gasteiger partial charge on any atom is -0.326 e. The highest BCUT2D eigenvalue weighted by molar-refractivity contribution is 6.89. The summed E-state index contributed by atoms with van der Waals surface area (Å²) < 4.78 is 16.1. The van der Waals surface area contributed by atoms with E-state index in [9.17, 15) is 4.39 Å². The van der Waals surface area contributed by atoms with Crippen molar-refractivity contribution in [1.29, 1.82) is 0 Å². The van der Waals surface area contributed by atoms with Crippen molar-refractivity contribution in [2.45, 2.75) is 5.16 Å². The van der Waals surface area contributed by atoms with E-state index in [1.54, 1.807) is 18.3 Å². The average Bonchev–Trinajstić information content (AvgIpc) is 3.58. The quantitative estimate of drug-likeness (QED) is 0.236. The molecule has 0 fully saturated rings. The van der Waals surface area contributed by atoms with Gasteiger partial charge >= 0.3 is 0 Å². The first-order valence-corrected chi connectivity index (χ1v) is 15.2. The van der Waals surface area contributed by atoms with Crippen LogP contribution in [0.25, 0.3) is 0 Å². The molecule has 0 atom stereocenters. The van der Waals surface area contributed by atoms with Crippen molar-refractivity contribution in [3.63, 3.8) is 0 Å². The van der Waals surface area contributed by atoms with Crippen LogP contribution in [-0.4, -0.2) is 25.8 Å². The Morgan fingerprint density at radius 3 is 1.63 bits per heavy atom. The minimum atomic E-state index is -1.01. The molecule has 0 N–H and O–H groups in total. The van der Waals surface area contributed by atoms with E-state index in [2.05, 4.69) is 113 Å². The number of imidazole rings is 1. The van der Waals surface area contributed by atoms with E-state index in [4.69, 9.17) is 0 Å². The molecule has 2 nitrogen and oxygen atoms in total. The highest BCUT2D eigenvalue weighted by atomic mass is 28.2. The second-order valence-electron chi connectivity index (χ2n) is 9.90. The summed E-state index contributed by atoms with van der Waals surface area (Å²) in [5.74, 6) is 1.81. The summed E-state index contributed by atoms with van der Waals surface area (Å²) in [6, 6.07) is 48.8. The van der Waals surface area contributed by atoms with Crippen LogP contribution in [0.5, 0.6) is 0 Å². The third kappa shape index (κ3) is 6.54. The van der Waals surface area contributed by atoms with Crippen molar-refractivity contribution in [1.82, 2.24) is 9.55 Å². The molecule has 0 aliphatic rings. The number of hydrogen-bond donors (Lipinski definition) is 0. The highest BCUT2D eigenvalue weighted by Crippen LogP contribution is 2.33. The van der Waals surface area contributed by atoms with Crippen molar-refractivity contribution in [2.24, 2.45) is 0 Å². The maximum absolute atomic E-state index is 13.9. The first-order chi connectivity index (χ1) is 20.2. The second kappa shape index (κ2) is 13.6. The summed E-state index contributed by atoms with van der Waals surface area (Å²) in [4.78, 5) is 4.31. The number of aromatic nitrogens is 2. The smallest absolute Gasteiger partial charge is 0.233 e. The lowest BCUT2D eigenvalue weighted by Gasteiger charge is -2.37. The fourth-order valence-corrected chi connectivity index (χ4v) is 7.79. The molecule has 1 aromatic heterocycles. The fourth-order valence-electron chi connectivity index (χ4n) is 5.40. The third-order valence-electron chi connectivity index (χ3n) is 7.35. The Morgan fingerprint density at radius 1 is 0.683 bits per heavy atom. The van der Waals surface area contributed by atoms with Crippen LogP contribution in [0, 0.1) is 5.82 Å². The number of benzene rings is 5. The molecule has 0 unspecified atom stereocenters. The van der Waals surface area contributed by atoms with Gasteiger partial charge in [-0.2, -0.15) is 0 Å². The summed E-state index contributed by atoms with van der Waals surface area (Å²) in [6.45, 7) is 4.21. The Bertz CT molecular complexity index is 1550. The van der Waals surface area contributed by atoms with E-state index in [1.165, 1.54) is 28.1 Å². The van der Waals surface area contributed by atoms with Crippen molar-refractivity contribution in [2.75, 3.05) is 0 Å². The molecular weight excluding hydrogens is 518 g/mol. The molecule has 0 saturated carbocycles. The zero-order valence-electron chi connectivity index (χ0n) is 22.9. The van der Waals surface area contributed by atoms with E-state index in [-0.39, 0.29) is 11.0 Å². The Labute approximate surface area is 244 Å². The lowest BCUT2D eigenvalue weighted by Crippen LogP contribution is -2.46. The van der Waals surface area contributed by atoms with E-state index in [1.807, 2.05) is 48.8 Å². The zero-order chi connectivity index (χ0) is 28.3. The van der Waals surface area contributed by atoms with Gasteiger partial charge in [0.15, 0.2) is 0 Å². The molecule has 5 aromatic carbocycles. The van der Waals surface area contributed by atoms with Crippen LogP contribution in [0.1, 0.15) is 11.1 Å². The first kappa shape index (κ1) is 27.8. The SMILES string of the molecule is C=CB(c1ccccc1)c1ccccc1.Fc1cccc([SiH2]C(c2ccccc2)(c2ccccc2)n2ccnc2)c1. The first-order valence-electron chi connectivity index (χ1n) is 13.8. The summed E-state index contributed by atoms with van der Waals surface area (Å²) in [6.07, 6.45) is 5.68. The van der Waals surface area contributed by atoms with Crippen LogP contribution in [0.15, 0.2) is 177 Å². The average molecular weight is 551 g/mol. The van der Waals surface area contributed by atoms with Gasteiger partial charge in [0, 0.05) is 12.4 Å². The second-order valence-corrected chi connectivity index (χ2v) is 12.1. The topological polar surface area (TPSA) is 17.8 Å². The van der Waals surface area contributed by atoms with E-state index in [0.717, 1.165) is 5.19 Å². The number of halogens is 1. The van der Waals surface area contributed by atoms with Gasteiger partial charge in [-0.3, -0.25) is 0 Å². The number of hydrogen-bond acceptors (Lipinski definition) is 1. The lowest BCUT2D eigenvalue weighted by atomic mass is 9.41. The van der Waals surface area contributed by atoms with Crippen LogP contribution in [0.2, 0.25) is 0 Å². The molecule has 41 heavy (non-hydrogen) atoms. The van der Waals surface area contributed by atoms with E-state index >= 15 is 0 Å². The molecule has 6 aromatic rings. The molecule has 0 aliphatic heterocycles. The van der Waals surface area contributed by atoms with Crippen LogP contribution in [0.4, 0.5) is 4.39 Å². The van der Waals surface area contributed by atoms with Crippen molar-refractivity contribution in [3.8, 4) is 0 Å². The third-order valence-corrected chi connectivity index (χ3v) is 9.89. The van der Waals surface area contributed by atoms with Gasteiger partial charge in [-0.1, -0.05) is 150 Å². The highest BCUT2D eigenvalue weighted by Gasteiger charge is 2.36. The molecule has 0 amide bonds. The van der Waals surface area contributed by atoms with Crippen LogP contribution < -0.4 is 16.1 Å². The largest absolute Gasteiger partial charge is 0.326 e. The van der Waals surface area contributed by atoms with Gasteiger partial charge in [-0.15, -0.1) is 12.6 Å². The molecule has 0 spiro atoms. The normalized spacial score (nSPS) is 11.0. The van der Waals surface area contributed by atoms with Gasteiger partial charge in [-0.05, 0) is 23.3 Å². The molecular formula is C36H32BFN2Si. The molecule has 0 saturated heterocycles. The van der Waals surface area contributed by atoms with Gasteiger partial charge in [0.05, 0.1) is 21.0 Å². The Morgan fingerprint density at radius 2 is 1.20 bits per heavy atom. The van der Waals surface area contributed by atoms with Gasteiger partial charge < -0.3 is 4.57 Å². The fraction of sp³-hybridized carbons (Fsp3) is 0.0278. The molecule has 0 aliphatic carbocycles. The van der Waals surface area contributed by atoms with E-state index < -0.39 is 9.52 Å². The Kier molecular flexibility index (Phi) is 9.20. The molecule has 200 valence electrons. The lowest BCUT2D eigenvalue weighted by molar-refractivity contribution is 0.596. The standard InChI is InChI=1S/C22H19FN2Si.C14H13B/c23-20-12-7-13-21(16-20)26-22(25-15-14-24-17-25,18-8-3-1-4-9-18)19-10-5-2-6-11-19;1-2-15(13-9-5-3-6-10-13)14-11-7-4-8-12-14/h1-17H,26H2;2-12H,1H2. The van der Waals surface area contributed by atoms with Gasteiger partial charge in [-0.25, -0.2) is 9.37 Å². The van der Waals surface area contributed by atoms with Crippen LogP contribution in [-0.2, 0) is 5.16 Å². The molecule has 1 heterocycles. The molecule has 0 radical (unpaired) electrons. The summed E-state index contributed by atoms with van der Waals surface area (Å²) in [7, 11) is -1.01. The zero-order valence-corrected chi connectivity index (χ0v) is 24.3. The van der Waals surface area contributed by atoms with Crippen LogP contribution in [0.3, 0.4) is 0 Å². The Balaban J connectivity index is 0.000000191. The van der Waals surface area contributed by atoms with Crippen LogP contribution >= 0.6 is 0 Å². The monoisotopic (exact) mass is 550 g/mol. The van der Waals surface area contributed by atoms with Gasteiger partial charge in [0.2, 0.25) is 6.71 Å². The predicted molar refractivity (Wildman–Crippen MR) is 174 cm³/mol. The summed E-state index contributed by atoms with van der Waals surface area (Å²) in [5, 5.41) is 0.707. The van der Waals surface area contributed by atoms with Crippen molar-refractivity contribution in [3.05, 3.63) is 194 Å². The molecule has 0 bridgehead atoms. The minimum absolute atomic E-state index is 0.185. The maximum Gasteiger partial charge on any atom is 0.233 e. The maximum atomic E-state index is 13.9. The molecule has 6 rings (SSSR count). The predicted octanol–water partition coefficient (Wildman–Crippen LogP) is 5.29. The van der Waals surface area contributed by atoms with Gasteiger partial charge in [0.1, 0.15) is 5.82 Å². The summed E-state index contributed by atoms with van der Waals surface area (Å²) in [5.41, 5.74) is 4.97. The molecule has 5 heteroatoms. The van der Waals surface area contributed by atoms with E-state index in [0.29, 0.717) is 6.71 Å². The number of nitrogens with zero attached hydrogens (tertiary/aromatic N) is 2. The Hall–Kier alpha value is -4.74. The number of rotatable bonds is 8. The van der Waals surface area contributed by atoms with Crippen molar-refractivity contribution < 1.29 is 4.39 Å². The summed E-state index contributed by atoms with van der Waals surface area (Å²) >= 11 is 0. The van der Waals surface area contributed by atoms with Crippen molar-refractivity contribution >= 4 is 32.3 Å².